The van der Waals surface area contributed by atoms with Crippen molar-refractivity contribution in [1.82, 2.24) is 10.2 Å². The summed E-state index contributed by atoms with van der Waals surface area (Å²) in [4.78, 5) is 13.3. The number of piperidine rings is 1. The van der Waals surface area contributed by atoms with Crippen molar-refractivity contribution in [1.29, 1.82) is 0 Å². The van der Waals surface area contributed by atoms with E-state index in [0.717, 1.165) is 37.7 Å². The number of nitrogens with one attached hydrogen (secondary N) is 1. The van der Waals surface area contributed by atoms with Gasteiger partial charge >= 0.3 is 5.97 Å². The topological polar surface area (TPSA) is 52.6 Å². The summed E-state index contributed by atoms with van der Waals surface area (Å²) in [5.41, 5.74) is 3.62. The zero-order valence-corrected chi connectivity index (χ0v) is 16.4. The molecule has 1 saturated heterocycles. The van der Waals surface area contributed by atoms with Crippen LogP contribution in [0.15, 0.2) is 54.6 Å². The largest absolute Gasteiger partial charge is 0.481 e. The molecule has 0 aromatic heterocycles. The molecule has 0 amide bonds. The third-order valence-corrected chi connectivity index (χ3v) is 6.18. The molecule has 2 aromatic carbocycles. The Hall–Kier alpha value is -2.17. The van der Waals surface area contributed by atoms with Crippen molar-refractivity contribution in [3.63, 3.8) is 0 Å². The summed E-state index contributed by atoms with van der Waals surface area (Å²) < 4.78 is 0. The first kappa shape index (κ1) is 19.2. The lowest BCUT2D eigenvalue weighted by atomic mass is 9.96. The lowest BCUT2D eigenvalue weighted by Crippen LogP contribution is -2.37. The van der Waals surface area contributed by atoms with Crippen molar-refractivity contribution < 1.29 is 9.90 Å². The fourth-order valence-corrected chi connectivity index (χ4v) is 4.35. The molecule has 1 aliphatic heterocycles. The monoisotopic (exact) mass is 378 g/mol. The molecule has 2 atom stereocenters. The van der Waals surface area contributed by atoms with Crippen LogP contribution in [0.2, 0.25) is 0 Å². The highest BCUT2D eigenvalue weighted by Crippen LogP contribution is 2.40. The van der Waals surface area contributed by atoms with E-state index in [1.54, 1.807) is 0 Å². The van der Waals surface area contributed by atoms with Gasteiger partial charge in [-0.05, 0) is 61.5 Å². The van der Waals surface area contributed by atoms with Gasteiger partial charge in [-0.1, -0.05) is 54.6 Å². The Morgan fingerprint density at radius 1 is 1.00 bits per heavy atom. The number of carboxylic acids is 1. The quantitative estimate of drug-likeness (QED) is 0.736. The first-order chi connectivity index (χ1) is 13.7. The second kappa shape index (κ2) is 8.89. The predicted molar refractivity (Wildman–Crippen MR) is 111 cm³/mol. The molecule has 0 bridgehead atoms. The number of hydrogen-bond acceptors (Lipinski definition) is 3. The zero-order valence-electron chi connectivity index (χ0n) is 16.4. The number of hydrogen-bond donors (Lipinski definition) is 2. The number of carboxylic acid groups (broad SMARTS) is 1. The number of carbonyl (C=O) groups is 1. The molecule has 0 spiro atoms. The Morgan fingerprint density at radius 2 is 1.68 bits per heavy atom. The van der Waals surface area contributed by atoms with Crippen LogP contribution in [0, 0.1) is 5.92 Å². The molecule has 4 rings (SSSR count). The van der Waals surface area contributed by atoms with Crippen molar-refractivity contribution in [2.45, 2.75) is 44.2 Å². The average molecular weight is 379 g/mol. The van der Waals surface area contributed by atoms with Crippen molar-refractivity contribution in [3.05, 3.63) is 71.3 Å². The van der Waals surface area contributed by atoms with E-state index in [4.69, 9.17) is 5.11 Å². The van der Waals surface area contributed by atoms with E-state index >= 15 is 0 Å². The zero-order chi connectivity index (χ0) is 19.3. The Bertz CT molecular complexity index is 767. The van der Waals surface area contributed by atoms with Crippen LogP contribution >= 0.6 is 0 Å². The van der Waals surface area contributed by atoms with Crippen LogP contribution in [-0.4, -0.2) is 41.7 Å². The van der Waals surface area contributed by atoms with Gasteiger partial charge < -0.3 is 10.4 Å². The highest BCUT2D eigenvalue weighted by atomic mass is 16.4. The summed E-state index contributed by atoms with van der Waals surface area (Å²) in [5.74, 6) is 0.723. The molecule has 1 saturated carbocycles. The lowest BCUT2D eigenvalue weighted by molar-refractivity contribution is -0.136. The van der Waals surface area contributed by atoms with Gasteiger partial charge in [0.15, 0.2) is 0 Å². The van der Waals surface area contributed by atoms with Gasteiger partial charge in [-0.3, -0.25) is 9.69 Å². The van der Waals surface area contributed by atoms with Gasteiger partial charge in [0, 0.05) is 18.5 Å². The van der Waals surface area contributed by atoms with Crippen molar-refractivity contribution in [2.24, 2.45) is 5.92 Å². The van der Waals surface area contributed by atoms with E-state index in [1.807, 2.05) is 12.1 Å². The van der Waals surface area contributed by atoms with Crippen LogP contribution in [-0.2, 0) is 17.8 Å². The molecule has 4 nitrogen and oxygen atoms in total. The number of nitrogens with zero attached hydrogens (tertiary/aromatic N) is 1. The third kappa shape index (κ3) is 5.21. The maximum Gasteiger partial charge on any atom is 0.307 e. The molecule has 2 N–H and O–H groups in total. The first-order valence-corrected chi connectivity index (χ1v) is 10.5. The van der Waals surface area contributed by atoms with Crippen LogP contribution in [0.5, 0.6) is 0 Å². The highest BCUT2D eigenvalue weighted by Gasteiger charge is 2.38. The lowest BCUT2D eigenvalue weighted by Gasteiger charge is -2.32. The van der Waals surface area contributed by atoms with E-state index < -0.39 is 5.97 Å². The van der Waals surface area contributed by atoms with Crippen LogP contribution in [0.4, 0.5) is 0 Å². The molecule has 2 aromatic rings. The maximum atomic E-state index is 10.8. The standard InChI is InChI=1S/C24H30N2O2/c27-24(28)14-18-6-8-20(9-7-18)17-26-12-10-19(11-13-26)16-25-23-15-22(23)21-4-2-1-3-5-21/h1-9,19,22-23,25H,10-17H2,(H,27,28)/t22-,23+/m1/s1. The van der Waals surface area contributed by atoms with Gasteiger partial charge in [0.25, 0.3) is 0 Å². The Kier molecular flexibility index (Phi) is 6.08. The average Bonchev–Trinajstić information content (AvgIpc) is 3.49. The van der Waals surface area contributed by atoms with E-state index in [9.17, 15) is 4.79 Å². The minimum Gasteiger partial charge on any atom is -0.481 e. The first-order valence-electron chi connectivity index (χ1n) is 10.5. The van der Waals surface area contributed by atoms with Gasteiger partial charge in [0.2, 0.25) is 0 Å². The summed E-state index contributed by atoms with van der Waals surface area (Å²) in [6.45, 7) is 4.41. The van der Waals surface area contributed by atoms with Crippen LogP contribution in [0.25, 0.3) is 0 Å². The molecule has 2 fully saturated rings. The number of benzene rings is 2. The summed E-state index contributed by atoms with van der Waals surface area (Å²) in [6, 6.07) is 19.6. The van der Waals surface area contributed by atoms with Gasteiger partial charge in [0.1, 0.15) is 0 Å². The summed E-state index contributed by atoms with van der Waals surface area (Å²) >= 11 is 0. The fraction of sp³-hybridized carbons (Fsp3) is 0.458. The van der Waals surface area contributed by atoms with Crippen molar-refractivity contribution in [3.8, 4) is 0 Å². The van der Waals surface area contributed by atoms with Crippen LogP contribution < -0.4 is 5.32 Å². The minimum absolute atomic E-state index is 0.102. The summed E-state index contributed by atoms with van der Waals surface area (Å²) in [7, 11) is 0. The molecule has 28 heavy (non-hydrogen) atoms. The van der Waals surface area contributed by atoms with Crippen LogP contribution in [0.3, 0.4) is 0 Å². The van der Waals surface area contributed by atoms with Gasteiger partial charge in [-0.2, -0.15) is 0 Å². The van der Waals surface area contributed by atoms with Gasteiger partial charge in [-0.25, -0.2) is 0 Å². The van der Waals surface area contributed by atoms with Gasteiger partial charge in [0.05, 0.1) is 6.42 Å². The smallest absolute Gasteiger partial charge is 0.307 e. The maximum absolute atomic E-state index is 10.8. The van der Waals surface area contributed by atoms with E-state index in [0.29, 0.717) is 12.0 Å². The van der Waals surface area contributed by atoms with Crippen LogP contribution in [0.1, 0.15) is 41.9 Å². The Balaban J connectivity index is 1.16. The third-order valence-electron chi connectivity index (χ3n) is 6.18. The normalized spacial score (nSPS) is 22.9. The molecule has 148 valence electrons. The van der Waals surface area contributed by atoms with Gasteiger partial charge in [-0.15, -0.1) is 0 Å². The Labute approximate surface area is 167 Å². The molecule has 1 aliphatic carbocycles. The highest BCUT2D eigenvalue weighted by molar-refractivity contribution is 5.70. The molecular formula is C24H30N2O2. The van der Waals surface area contributed by atoms with E-state index in [2.05, 4.69) is 52.7 Å². The Morgan fingerprint density at radius 3 is 2.36 bits per heavy atom. The molecule has 4 heteroatoms. The molecule has 1 heterocycles. The summed E-state index contributed by atoms with van der Waals surface area (Å²) in [5, 5.41) is 12.7. The summed E-state index contributed by atoms with van der Waals surface area (Å²) in [6.07, 6.45) is 3.89. The SMILES string of the molecule is O=C(O)Cc1ccc(CN2CCC(CN[C@H]3C[C@@H]3c3ccccc3)CC2)cc1. The second-order valence-electron chi connectivity index (χ2n) is 8.37. The minimum atomic E-state index is -0.773. The second-order valence-corrected chi connectivity index (χ2v) is 8.37. The van der Waals surface area contributed by atoms with E-state index in [1.165, 1.54) is 30.4 Å². The molecule has 0 radical (unpaired) electrons. The molecule has 2 aliphatic rings. The number of aliphatic carboxylic acids is 1. The number of rotatable bonds is 8. The van der Waals surface area contributed by atoms with E-state index in [-0.39, 0.29) is 6.42 Å². The van der Waals surface area contributed by atoms with Crippen molar-refractivity contribution in [2.75, 3.05) is 19.6 Å². The molecular weight excluding hydrogens is 348 g/mol. The fourth-order valence-electron chi connectivity index (χ4n) is 4.35. The number of likely N-dealkylation sites (tertiary alicyclic amines) is 1. The molecule has 0 unspecified atom stereocenters. The van der Waals surface area contributed by atoms with Crippen molar-refractivity contribution >= 4 is 5.97 Å². The predicted octanol–water partition coefficient (Wildman–Crippen LogP) is 3.67.